The van der Waals surface area contributed by atoms with E-state index >= 15 is 0 Å². The van der Waals surface area contributed by atoms with Crippen molar-refractivity contribution >= 4 is 40.7 Å². The second-order valence-electron chi connectivity index (χ2n) is 4.42. The molecule has 0 aliphatic rings. The molecule has 0 aliphatic heterocycles. The van der Waals surface area contributed by atoms with Crippen molar-refractivity contribution in [2.24, 2.45) is 0 Å². The molecular weight excluding hydrogens is 315 g/mol. The lowest BCUT2D eigenvalue weighted by atomic mass is 10.3. The van der Waals surface area contributed by atoms with Gasteiger partial charge in [-0.05, 0) is 18.2 Å². The van der Waals surface area contributed by atoms with Crippen molar-refractivity contribution in [2.45, 2.75) is 13.3 Å². The molecule has 0 heterocycles. The van der Waals surface area contributed by atoms with Crippen molar-refractivity contribution in [3.8, 4) is 0 Å². The minimum Gasteiger partial charge on any atom is -0.383 e. The summed E-state index contributed by atoms with van der Waals surface area (Å²) in [5, 5.41) is 3.58. The van der Waals surface area contributed by atoms with E-state index < -0.39 is 0 Å². The van der Waals surface area contributed by atoms with E-state index in [1.165, 1.54) is 6.92 Å². The Balaban J connectivity index is 2.52. The zero-order valence-corrected chi connectivity index (χ0v) is 13.5. The van der Waals surface area contributed by atoms with Crippen LogP contribution in [-0.2, 0) is 14.3 Å². The number of ether oxygens (including phenoxy) is 1. The van der Waals surface area contributed by atoms with E-state index in [0.29, 0.717) is 35.4 Å². The molecule has 1 rings (SSSR count). The number of benzene rings is 1. The van der Waals surface area contributed by atoms with Gasteiger partial charge in [0.2, 0.25) is 11.8 Å². The van der Waals surface area contributed by atoms with Crippen LogP contribution in [0.15, 0.2) is 18.2 Å². The van der Waals surface area contributed by atoms with E-state index in [1.54, 1.807) is 30.2 Å². The molecule has 2 amide bonds. The highest BCUT2D eigenvalue weighted by Gasteiger charge is 2.12. The van der Waals surface area contributed by atoms with Crippen molar-refractivity contribution in [1.82, 2.24) is 4.90 Å². The Hall–Kier alpha value is -1.30. The Morgan fingerprint density at radius 3 is 2.62 bits per heavy atom. The predicted octanol–water partition coefficient (Wildman–Crippen LogP) is 2.82. The third-order valence-electron chi connectivity index (χ3n) is 2.82. The van der Waals surface area contributed by atoms with Gasteiger partial charge >= 0.3 is 0 Å². The van der Waals surface area contributed by atoms with E-state index in [-0.39, 0.29) is 18.2 Å². The van der Waals surface area contributed by atoms with Gasteiger partial charge < -0.3 is 15.0 Å². The first kappa shape index (κ1) is 17.8. The maximum Gasteiger partial charge on any atom is 0.226 e. The van der Waals surface area contributed by atoms with Crippen molar-refractivity contribution in [3.05, 3.63) is 28.2 Å². The number of carbonyl (C=O) groups is 2. The number of rotatable bonds is 7. The molecule has 7 heteroatoms. The molecule has 5 nitrogen and oxygen atoms in total. The van der Waals surface area contributed by atoms with E-state index in [2.05, 4.69) is 5.32 Å². The molecule has 0 unspecified atom stereocenters. The van der Waals surface area contributed by atoms with Crippen LogP contribution in [0.2, 0.25) is 10.0 Å². The van der Waals surface area contributed by atoms with Crippen LogP contribution in [0.1, 0.15) is 13.3 Å². The van der Waals surface area contributed by atoms with E-state index in [9.17, 15) is 9.59 Å². The van der Waals surface area contributed by atoms with Crippen LogP contribution in [0, 0.1) is 0 Å². The number of carbonyl (C=O) groups excluding carboxylic acids is 2. The summed E-state index contributed by atoms with van der Waals surface area (Å²) in [4.78, 5) is 24.9. The molecule has 1 aromatic carbocycles. The lowest BCUT2D eigenvalue weighted by Gasteiger charge is -2.20. The van der Waals surface area contributed by atoms with Gasteiger partial charge in [0, 0.05) is 38.6 Å². The maximum atomic E-state index is 11.9. The summed E-state index contributed by atoms with van der Waals surface area (Å²) >= 11 is 11.8. The Bertz CT molecular complexity index is 509. The summed E-state index contributed by atoms with van der Waals surface area (Å²) < 4.78 is 4.93. The summed E-state index contributed by atoms with van der Waals surface area (Å²) in [6.45, 7) is 2.67. The summed E-state index contributed by atoms with van der Waals surface area (Å²) in [5.41, 5.74) is 0.459. The van der Waals surface area contributed by atoms with Crippen LogP contribution in [-0.4, -0.2) is 43.5 Å². The highest BCUT2D eigenvalue weighted by molar-refractivity contribution is 6.35. The van der Waals surface area contributed by atoms with Crippen LogP contribution in [0.25, 0.3) is 0 Å². The topological polar surface area (TPSA) is 58.6 Å². The quantitative estimate of drug-likeness (QED) is 0.835. The smallest absolute Gasteiger partial charge is 0.226 e. The molecule has 0 saturated heterocycles. The maximum absolute atomic E-state index is 11.9. The van der Waals surface area contributed by atoms with Crippen LogP contribution in [0.3, 0.4) is 0 Å². The number of methoxy groups -OCH3 is 1. The van der Waals surface area contributed by atoms with Crippen molar-refractivity contribution in [3.63, 3.8) is 0 Å². The van der Waals surface area contributed by atoms with Gasteiger partial charge in [-0.2, -0.15) is 0 Å². The zero-order chi connectivity index (χ0) is 15.8. The van der Waals surface area contributed by atoms with Crippen LogP contribution in [0.4, 0.5) is 5.69 Å². The van der Waals surface area contributed by atoms with Gasteiger partial charge in [0.15, 0.2) is 0 Å². The number of anilines is 1. The molecule has 1 N–H and O–H groups in total. The molecule has 0 fully saturated rings. The fraction of sp³-hybridized carbons (Fsp3) is 0.429. The summed E-state index contributed by atoms with van der Waals surface area (Å²) in [5.74, 6) is -0.330. The highest BCUT2D eigenvalue weighted by Crippen LogP contribution is 2.25. The third kappa shape index (κ3) is 6.33. The van der Waals surface area contributed by atoms with Gasteiger partial charge in [-0.25, -0.2) is 0 Å². The molecule has 0 radical (unpaired) electrons. The number of halogens is 2. The molecule has 0 spiro atoms. The first-order chi connectivity index (χ1) is 9.93. The normalized spacial score (nSPS) is 10.3. The second-order valence-corrected chi connectivity index (χ2v) is 5.26. The average Bonchev–Trinajstić information content (AvgIpc) is 2.42. The second kappa shape index (κ2) is 8.87. The fourth-order valence-electron chi connectivity index (χ4n) is 1.67. The Kier molecular flexibility index (Phi) is 7.50. The van der Waals surface area contributed by atoms with Gasteiger partial charge in [-0.1, -0.05) is 23.2 Å². The summed E-state index contributed by atoms with van der Waals surface area (Å²) in [7, 11) is 1.56. The van der Waals surface area contributed by atoms with Gasteiger partial charge in [0.25, 0.3) is 0 Å². The van der Waals surface area contributed by atoms with Crippen molar-refractivity contribution in [2.75, 3.05) is 32.1 Å². The molecule has 1 aromatic rings. The predicted molar refractivity (Wildman–Crippen MR) is 83.8 cm³/mol. The first-order valence-electron chi connectivity index (χ1n) is 6.43. The zero-order valence-electron chi connectivity index (χ0n) is 12.0. The minimum atomic E-state index is -0.233. The molecule has 0 saturated carbocycles. The number of nitrogens with zero attached hydrogens (tertiary/aromatic N) is 1. The van der Waals surface area contributed by atoms with Crippen LogP contribution in [0.5, 0.6) is 0 Å². The van der Waals surface area contributed by atoms with Gasteiger partial charge in [0.1, 0.15) is 0 Å². The first-order valence-corrected chi connectivity index (χ1v) is 7.19. The fourth-order valence-corrected chi connectivity index (χ4v) is 2.01. The largest absolute Gasteiger partial charge is 0.383 e. The van der Waals surface area contributed by atoms with Gasteiger partial charge in [0.05, 0.1) is 17.3 Å². The molecule has 0 bridgehead atoms. The molecule has 0 aromatic heterocycles. The number of hydrogen-bond acceptors (Lipinski definition) is 3. The number of hydrogen-bond donors (Lipinski definition) is 1. The molecule has 0 aliphatic carbocycles. The third-order valence-corrected chi connectivity index (χ3v) is 3.39. The lowest BCUT2D eigenvalue weighted by Crippen LogP contribution is -2.34. The molecule has 116 valence electrons. The van der Waals surface area contributed by atoms with Gasteiger partial charge in [-0.15, -0.1) is 0 Å². The SMILES string of the molecule is COCCN(CCC(=O)Nc1cc(Cl)ccc1Cl)C(C)=O. The van der Waals surface area contributed by atoms with Crippen LogP contribution >= 0.6 is 23.2 Å². The Labute approximate surface area is 134 Å². The molecule has 0 atom stereocenters. The summed E-state index contributed by atoms with van der Waals surface area (Å²) in [6.07, 6.45) is 0.173. The van der Waals surface area contributed by atoms with Gasteiger partial charge in [-0.3, -0.25) is 9.59 Å². The average molecular weight is 333 g/mol. The Morgan fingerprint density at radius 2 is 2.00 bits per heavy atom. The standard InChI is InChI=1S/C14H18Cl2N2O3/c1-10(19)18(7-8-21-2)6-5-14(20)17-13-9-11(15)3-4-12(13)16/h3-4,9H,5-8H2,1-2H3,(H,17,20). The van der Waals surface area contributed by atoms with E-state index in [4.69, 9.17) is 27.9 Å². The highest BCUT2D eigenvalue weighted by atomic mass is 35.5. The lowest BCUT2D eigenvalue weighted by molar-refractivity contribution is -0.130. The van der Waals surface area contributed by atoms with Crippen molar-refractivity contribution < 1.29 is 14.3 Å². The van der Waals surface area contributed by atoms with E-state index in [0.717, 1.165) is 0 Å². The number of amides is 2. The van der Waals surface area contributed by atoms with Crippen LogP contribution < -0.4 is 5.32 Å². The monoisotopic (exact) mass is 332 g/mol. The van der Waals surface area contributed by atoms with Crippen molar-refractivity contribution in [1.29, 1.82) is 0 Å². The molecule has 21 heavy (non-hydrogen) atoms. The number of nitrogens with one attached hydrogen (secondary N) is 1. The molecular formula is C14H18Cl2N2O3. The minimum absolute atomic E-state index is 0.0966. The Morgan fingerprint density at radius 1 is 1.29 bits per heavy atom. The summed E-state index contributed by atoms with van der Waals surface area (Å²) in [6, 6.07) is 4.83. The van der Waals surface area contributed by atoms with E-state index in [1.807, 2.05) is 0 Å².